The van der Waals surface area contributed by atoms with Gasteiger partial charge < -0.3 is 24.2 Å². The van der Waals surface area contributed by atoms with Crippen molar-refractivity contribution in [2.24, 2.45) is 0 Å². The van der Waals surface area contributed by atoms with Crippen LogP contribution in [-0.4, -0.2) is 68.6 Å². The first-order valence-corrected chi connectivity index (χ1v) is 15.8. The minimum atomic E-state index is -0.121. The molecule has 0 spiro atoms. The molecule has 0 amide bonds. The molecule has 1 N–H and O–H groups in total. The fourth-order valence-electron chi connectivity index (χ4n) is 5.39. The van der Waals surface area contributed by atoms with Crippen LogP contribution >= 0.6 is 15.9 Å². The third kappa shape index (κ3) is 8.91. The molecule has 7 nitrogen and oxygen atoms in total. The number of fused-ring (bicyclic) bond motifs is 2. The van der Waals surface area contributed by atoms with Crippen molar-refractivity contribution in [3.63, 3.8) is 0 Å². The number of aliphatic hydroxyl groups excluding tert-OH is 1. The fourth-order valence-corrected chi connectivity index (χ4v) is 5.77. The van der Waals surface area contributed by atoms with Crippen LogP contribution in [0, 0.1) is 0 Å². The zero-order valence-corrected chi connectivity index (χ0v) is 28.2. The molecular formula is C35H46BrN3O4. The van der Waals surface area contributed by atoms with Crippen molar-refractivity contribution in [1.29, 1.82) is 0 Å². The van der Waals surface area contributed by atoms with Gasteiger partial charge in [-0.2, -0.15) is 4.98 Å². The summed E-state index contributed by atoms with van der Waals surface area (Å²) in [7, 11) is 8.92. The highest BCUT2D eigenvalue weighted by Crippen LogP contribution is 2.43. The summed E-state index contributed by atoms with van der Waals surface area (Å²) in [5.41, 5.74) is 7.03. The van der Waals surface area contributed by atoms with Crippen molar-refractivity contribution in [2.75, 3.05) is 48.6 Å². The maximum atomic E-state index is 8.29. The Bertz CT molecular complexity index is 1440. The van der Waals surface area contributed by atoms with Gasteiger partial charge in [0.2, 0.25) is 17.6 Å². The number of aryl methyl sites for hydroxylation is 1. The zero-order valence-electron chi connectivity index (χ0n) is 26.6. The van der Waals surface area contributed by atoms with E-state index in [1.54, 1.807) is 21.3 Å². The molecule has 0 saturated carbocycles. The molecule has 0 saturated heterocycles. The second-order valence-corrected chi connectivity index (χ2v) is 11.3. The van der Waals surface area contributed by atoms with E-state index >= 15 is 0 Å². The quantitative estimate of drug-likeness (QED) is 0.202. The largest absolute Gasteiger partial charge is 0.481 e. The molecule has 0 aliphatic heterocycles. The Morgan fingerprint density at radius 3 is 2.16 bits per heavy atom. The van der Waals surface area contributed by atoms with E-state index in [0.29, 0.717) is 24.2 Å². The summed E-state index contributed by atoms with van der Waals surface area (Å²) in [6.07, 6.45) is 5.48. The predicted molar refractivity (Wildman–Crippen MR) is 179 cm³/mol. The molecule has 2 aromatic carbocycles. The maximum absolute atomic E-state index is 8.29. The lowest BCUT2D eigenvalue weighted by Crippen LogP contribution is -2.13. The number of pyridine rings is 2. The molecule has 2 heterocycles. The lowest BCUT2D eigenvalue weighted by molar-refractivity contribution is 0.263. The highest BCUT2D eigenvalue weighted by atomic mass is 79.9. The molecule has 43 heavy (non-hydrogen) atoms. The van der Waals surface area contributed by atoms with Crippen molar-refractivity contribution < 1.29 is 19.3 Å². The third-order valence-corrected chi connectivity index (χ3v) is 7.83. The summed E-state index contributed by atoms with van der Waals surface area (Å²) in [4.78, 5) is 11.4. The van der Waals surface area contributed by atoms with E-state index in [1.165, 1.54) is 29.5 Å². The first kappa shape index (κ1) is 34.3. The summed E-state index contributed by atoms with van der Waals surface area (Å²) in [5, 5.41) is 9.34. The van der Waals surface area contributed by atoms with Gasteiger partial charge in [0.15, 0.2) is 0 Å². The van der Waals surface area contributed by atoms with Gasteiger partial charge in [0.1, 0.15) is 0 Å². The molecule has 2 aromatic heterocycles. The van der Waals surface area contributed by atoms with Gasteiger partial charge >= 0.3 is 0 Å². The van der Waals surface area contributed by atoms with E-state index < -0.39 is 0 Å². The lowest BCUT2D eigenvalue weighted by atomic mass is 9.78. The zero-order chi connectivity index (χ0) is 31.4. The summed E-state index contributed by atoms with van der Waals surface area (Å²) in [6.45, 7) is 5.29. The molecule has 1 aliphatic carbocycles. The number of halogens is 1. The second kappa shape index (κ2) is 17.2. The smallest absolute Gasteiger partial charge is 0.217 e. The Hall–Kier alpha value is -3.20. The standard InChI is InChI=1S/C28H27BrN2O3.C5H13NO.C2H6/c1-32-25-15-19(16-26(31-25)33-2)27(22-10-6-8-17-7-4-5-9-21(17)22)23-14-18-13-20(29)11-12-24(18)30-28(23)34-3;1-6(2)4-3-5-7;1-2/h6,8,10-16,27H,4-5,7,9H2,1-3H3;7H,3-5H2,1-2H3;1-2H3. The summed E-state index contributed by atoms with van der Waals surface area (Å²) in [6, 6.07) is 18.9. The van der Waals surface area contributed by atoms with Crippen LogP contribution < -0.4 is 14.2 Å². The normalized spacial score (nSPS) is 12.8. The Labute approximate surface area is 265 Å². The number of aromatic nitrogens is 2. The highest BCUT2D eigenvalue weighted by Gasteiger charge is 2.28. The van der Waals surface area contributed by atoms with Crippen molar-refractivity contribution in [3.05, 3.63) is 86.9 Å². The predicted octanol–water partition coefficient (Wildman–Crippen LogP) is 7.43. The lowest BCUT2D eigenvalue weighted by Gasteiger charge is -2.27. The number of hydrogen-bond donors (Lipinski definition) is 1. The topological polar surface area (TPSA) is 76.9 Å². The summed E-state index contributed by atoms with van der Waals surface area (Å²) in [5.74, 6) is 1.52. The van der Waals surface area contributed by atoms with E-state index in [-0.39, 0.29) is 5.92 Å². The van der Waals surface area contributed by atoms with Gasteiger partial charge in [-0.25, -0.2) is 4.98 Å². The first-order chi connectivity index (χ1) is 20.9. The maximum Gasteiger partial charge on any atom is 0.217 e. The monoisotopic (exact) mass is 651 g/mol. The number of rotatable bonds is 9. The van der Waals surface area contributed by atoms with E-state index in [4.69, 9.17) is 24.3 Å². The molecule has 4 aromatic rings. The molecule has 0 radical (unpaired) electrons. The molecule has 0 bridgehead atoms. The molecular weight excluding hydrogens is 606 g/mol. The van der Waals surface area contributed by atoms with Crippen LogP contribution in [0.2, 0.25) is 0 Å². The van der Waals surface area contributed by atoms with E-state index in [0.717, 1.165) is 52.3 Å². The Kier molecular flexibility index (Phi) is 13.7. The minimum absolute atomic E-state index is 0.121. The van der Waals surface area contributed by atoms with Gasteiger partial charge in [0.05, 0.1) is 26.8 Å². The Morgan fingerprint density at radius 1 is 0.860 bits per heavy atom. The highest BCUT2D eigenvalue weighted by molar-refractivity contribution is 9.10. The SMILES string of the molecule is CC.CN(C)CCCO.COc1cc(C(c2cc3cc(Br)ccc3nc2OC)c2cccc3c2CCCC3)cc(OC)n1. The Morgan fingerprint density at radius 2 is 1.56 bits per heavy atom. The molecule has 232 valence electrons. The molecule has 1 atom stereocenters. The molecule has 5 rings (SSSR count). The molecule has 0 fully saturated rings. The van der Waals surface area contributed by atoms with E-state index in [9.17, 15) is 0 Å². The summed E-state index contributed by atoms with van der Waals surface area (Å²) >= 11 is 3.61. The van der Waals surface area contributed by atoms with Gasteiger partial charge in [-0.3, -0.25) is 0 Å². The van der Waals surface area contributed by atoms with Gasteiger partial charge in [-0.05, 0) is 99.3 Å². The van der Waals surface area contributed by atoms with Crippen LogP contribution in [0.4, 0.5) is 0 Å². The first-order valence-electron chi connectivity index (χ1n) is 15.0. The molecule has 1 unspecified atom stereocenters. The van der Waals surface area contributed by atoms with Crippen LogP contribution in [0.5, 0.6) is 17.6 Å². The average molecular weight is 653 g/mol. The number of methoxy groups -OCH3 is 3. The van der Waals surface area contributed by atoms with Crippen LogP contribution in [0.3, 0.4) is 0 Å². The molecule has 1 aliphatic rings. The minimum Gasteiger partial charge on any atom is -0.481 e. The Balaban J connectivity index is 0.000000496. The van der Waals surface area contributed by atoms with Crippen LogP contribution in [0.15, 0.2) is 59.1 Å². The van der Waals surface area contributed by atoms with Gasteiger partial charge in [0.25, 0.3) is 0 Å². The third-order valence-electron chi connectivity index (χ3n) is 7.33. The van der Waals surface area contributed by atoms with E-state index in [2.05, 4.69) is 56.1 Å². The van der Waals surface area contributed by atoms with Gasteiger partial charge in [-0.15, -0.1) is 0 Å². The van der Waals surface area contributed by atoms with Crippen molar-refractivity contribution in [3.8, 4) is 17.6 Å². The number of nitrogens with zero attached hydrogens (tertiary/aromatic N) is 3. The summed E-state index contributed by atoms with van der Waals surface area (Å²) < 4.78 is 17.9. The van der Waals surface area contributed by atoms with Crippen LogP contribution in [0.25, 0.3) is 10.9 Å². The fraction of sp³-hybridized carbons (Fsp3) is 0.429. The van der Waals surface area contributed by atoms with Crippen LogP contribution in [-0.2, 0) is 12.8 Å². The van der Waals surface area contributed by atoms with Crippen molar-refractivity contribution in [1.82, 2.24) is 14.9 Å². The van der Waals surface area contributed by atoms with Gasteiger partial charge in [0, 0.05) is 40.1 Å². The number of ether oxygens (including phenoxy) is 3. The second-order valence-electron chi connectivity index (χ2n) is 10.4. The van der Waals surface area contributed by atoms with Crippen molar-refractivity contribution in [2.45, 2.75) is 51.9 Å². The van der Waals surface area contributed by atoms with Crippen LogP contribution in [0.1, 0.15) is 66.8 Å². The average Bonchev–Trinajstić information content (AvgIpc) is 3.04. The van der Waals surface area contributed by atoms with Crippen molar-refractivity contribution >= 4 is 26.8 Å². The number of aliphatic hydroxyl groups is 1. The van der Waals surface area contributed by atoms with E-state index in [1.807, 2.05) is 52.2 Å². The molecule has 8 heteroatoms. The number of hydrogen-bond acceptors (Lipinski definition) is 7. The van der Waals surface area contributed by atoms with Gasteiger partial charge in [-0.1, -0.05) is 48.0 Å². The number of benzene rings is 2.